The van der Waals surface area contributed by atoms with Crippen LogP contribution in [0.3, 0.4) is 0 Å². The molecule has 1 saturated carbocycles. The van der Waals surface area contributed by atoms with Gasteiger partial charge in [-0.05, 0) is 11.8 Å². The van der Waals surface area contributed by atoms with E-state index in [1.165, 1.54) is 32.1 Å². The van der Waals surface area contributed by atoms with Gasteiger partial charge in [-0.15, -0.1) is 0 Å². The molecule has 1 rings (SSSR count). The van der Waals surface area contributed by atoms with Gasteiger partial charge in [-0.2, -0.15) is 0 Å². The molecule has 1 fully saturated rings. The molecule has 0 aromatic carbocycles. The average Bonchev–Trinajstić information content (AvgIpc) is 2.20. The lowest BCUT2D eigenvalue weighted by atomic mass is 9.73. The molecule has 1 unspecified atom stereocenters. The van der Waals surface area contributed by atoms with Gasteiger partial charge >= 0.3 is 5.97 Å². The first-order chi connectivity index (χ1) is 6.66. The van der Waals surface area contributed by atoms with Gasteiger partial charge in [0.15, 0.2) is 0 Å². The molecular weight excluding hydrogens is 176 g/mol. The van der Waals surface area contributed by atoms with E-state index in [2.05, 4.69) is 6.92 Å². The Morgan fingerprint density at radius 3 is 2.36 bits per heavy atom. The summed E-state index contributed by atoms with van der Waals surface area (Å²) in [7, 11) is 0. The smallest absolute Gasteiger partial charge is 0.306 e. The third-order valence-electron chi connectivity index (χ3n) is 3.76. The number of rotatable bonds is 4. The van der Waals surface area contributed by atoms with E-state index in [0.717, 1.165) is 6.42 Å². The molecule has 0 spiro atoms. The van der Waals surface area contributed by atoms with Gasteiger partial charge in [0.1, 0.15) is 0 Å². The molecule has 0 aromatic heterocycles. The number of hydrogen-bond donors (Lipinski definition) is 1. The van der Waals surface area contributed by atoms with Gasteiger partial charge in [0.2, 0.25) is 0 Å². The average molecular weight is 198 g/mol. The summed E-state index contributed by atoms with van der Waals surface area (Å²) in [5.74, 6) is 0.276. The van der Waals surface area contributed by atoms with Crippen LogP contribution in [0.5, 0.6) is 0 Å². The molecule has 0 heterocycles. The fourth-order valence-corrected chi connectivity index (χ4v) is 2.84. The van der Waals surface area contributed by atoms with Crippen LogP contribution in [0.4, 0.5) is 0 Å². The van der Waals surface area contributed by atoms with Gasteiger partial charge < -0.3 is 5.11 Å². The van der Waals surface area contributed by atoms with Crippen LogP contribution < -0.4 is 0 Å². The predicted molar refractivity (Wildman–Crippen MR) is 57.2 cm³/mol. The molecular formula is C12H22O2. The standard InChI is InChI=1S/C12H22O2/c1-3-11(9(2)12(13)14)10-7-5-4-6-8-10/h9-11H,3-8H2,1-2H3,(H,13,14)/t9-,11?/m0/s1. The summed E-state index contributed by atoms with van der Waals surface area (Å²) in [6.45, 7) is 3.99. The predicted octanol–water partition coefficient (Wildman–Crippen LogP) is 3.31. The molecule has 2 atom stereocenters. The van der Waals surface area contributed by atoms with E-state index in [9.17, 15) is 4.79 Å². The van der Waals surface area contributed by atoms with Gasteiger partial charge in [0.25, 0.3) is 0 Å². The highest BCUT2D eigenvalue weighted by Gasteiger charge is 2.30. The van der Waals surface area contributed by atoms with Crippen molar-refractivity contribution in [2.75, 3.05) is 0 Å². The number of carbonyl (C=O) groups is 1. The monoisotopic (exact) mass is 198 g/mol. The molecule has 0 bridgehead atoms. The van der Waals surface area contributed by atoms with Crippen LogP contribution in [0.1, 0.15) is 52.4 Å². The summed E-state index contributed by atoms with van der Waals surface area (Å²) < 4.78 is 0. The molecule has 0 amide bonds. The topological polar surface area (TPSA) is 37.3 Å². The summed E-state index contributed by atoms with van der Waals surface area (Å²) >= 11 is 0. The third kappa shape index (κ3) is 2.73. The molecule has 2 nitrogen and oxygen atoms in total. The number of aliphatic carboxylic acids is 1. The zero-order valence-corrected chi connectivity index (χ0v) is 9.33. The molecule has 1 aliphatic carbocycles. The van der Waals surface area contributed by atoms with E-state index >= 15 is 0 Å². The van der Waals surface area contributed by atoms with E-state index < -0.39 is 5.97 Å². The Kier molecular flexibility index (Phi) is 4.43. The molecule has 82 valence electrons. The van der Waals surface area contributed by atoms with E-state index in [4.69, 9.17) is 5.11 Å². The maximum atomic E-state index is 10.9. The van der Waals surface area contributed by atoms with Crippen molar-refractivity contribution in [1.29, 1.82) is 0 Å². The largest absolute Gasteiger partial charge is 0.481 e. The number of carboxylic acids is 1. The highest BCUT2D eigenvalue weighted by atomic mass is 16.4. The Morgan fingerprint density at radius 1 is 1.36 bits per heavy atom. The molecule has 0 radical (unpaired) electrons. The van der Waals surface area contributed by atoms with Crippen molar-refractivity contribution in [3.05, 3.63) is 0 Å². The molecule has 14 heavy (non-hydrogen) atoms. The van der Waals surface area contributed by atoms with Crippen LogP contribution in [-0.4, -0.2) is 11.1 Å². The molecule has 1 aliphatic rings. The van der Waals surface area contributed by atoms with Crippen molar-refractivity contribution in [2.45, 2.75) is 52.4 Å². The van der Waals surface area contributed by atoms with E-state index in [0.29, 0.717) is 11.8 Å². The van der Waals surface area contributed by atoms with Gasteiger partial charge in [0, 0.05) is 0 Å². The van der Waals surface area contributed by atoms with Crippen LogP contribution in [0.25, 0.3) is 0 Å². The van der Waals surface area contributed by atoms with Gasteiger partial charge in [-0.25, -0.2) is 0 Å². The number of carboxylic acid groups (broad SMARTS) is 1. The van der Waals surface area contributed by atoms with Gasteiger partial charge in [-0.1, -0.05) is 52.4 Å². The van der Waals surface area contributed by atoms with E-state index in [1.807, 2.05) is 6.92 Å². The lowest BCUT2D eigenvalue weighted by molar-refractivity contribution is -0.144. The van der Waals surface area contributed by atoms with Crippen LogP contribution in [0.15, 0.2) is 0 Å². The summed E-state index contributed by atoms with van der Waals surface area (Å²) in [5.41, 5.74) is 0. The summed E-state index contributed by atoms with van der Waals surface area (Å²) in [4.78, 5) is 10.9. The Morgan fingerprint density at radius 2 is 1.93 bits per heavy atom. The summed E-state index contributed by atoms with van der Waals surface area (Å²) in [5, 5.41) is 9.01. The van der Waals surface area contributed by atoms with Crippen molar-refractivity contribution in [3.63, 3.8) is 0 Å². The zero-order chi connectivity index (χ0) is 10.6. The second-order valence-corrected chi connectivity index (χ2v) is 4.60. The highest BCUT2D eigenvalue weighted by Crippen LogP contribution is 2.35. The van der Waals surface area contributed by atoms with Gasteiger partial charge in [-0.3, -0.25) is 4.79 Å². The Balaban J connectivity index is 2.55. The number of hydrogen-bond acceptors (Lipinski definition) is 1. The SMILES string of the molecule is CCC(C1CCCCC1)[C@H](C)C(=O)O. The van der Waals surface area contributed by atoms with Crippen LogP contribution in [0.2, 0.25) is 0 Å². The molecule has 0 aliphatic heterocycles. The van der Waals surface area contributed by atoms with E-state index in [-0.39, 0.29) is 5.92 Å². The minimum Gasteiger partial charge on any atom is -0.481 e. The molecule has 2 heteroatoms. The second-order valence-electron chi connectivity index (χ2n) is 4.60. The fourth-order valence-electron chi connectivity index (χ4n) is 2.84. The lowest BCUT2D eigenvalue weighted by Gasteiger charge is -2.31. The minimum atomic E-state index is -0.623. The van der Waals surface area contributed by atoms with Gasteiger partial charge in [0.05, 0.1) is 5.92 Å². The summed E-state index contributed by atoms with van der Waals surface area (Å²) in [6.07, 6.45) is 7.44. The molecule has 1 N–H and O–H groups in total. The molecule has 0 saturated heterocycles. The molecule has 0 aromatic rings. The third-order valence-corrected chi connectivity index (χ3v) is 3.76. The first-order valence-electron chi connectivity index (χ1n) is 5.89. The Hall–Kier alpha value is -0.530. The Bertz CT molecular complexity index is 183. The van der Waals surface area contributed by atoms with Crippen molar-refractivity contribution < 1.29 is 9.90 Å². The Labute approximate surface area is 86.7 Å². The highest BCUT2D eigenvalue weighted by molar-refractivity contribution is 5.69. The first-order valence-corrected chi connectivity index (χ1v) is 5.89. The normalized spacial score (nSPS) is 23.0. The van der Waals surface area contributed by atoms with Crippen molar-refractivity contribution in [1.82, 2.24) is 0 Å². The van der Waals surface area contributed by atoms with Crippen molar-refractivity contribution in [3.8, 4) is 0 Å². The van der Waals surface area contributed by atoms with E-state index in [1.54, 1.807) is 0 Å². The van der Waals surface area contributed by atoms with Crippen LogP contribution in [0, 0.1) is 17.8 Å². The summed E-state index contributed by atoms with van der Waals surface area (Å²) in [6, 6.07) is 0. The fraction of sp³-hybridized carbons (Fsp3) is 0.917. The van der Waals surface area contributed by atoms with Crippen molar-refractivity contribution in [2.24, 2.45) is 17.8 Å². The maximum Gasteiger partial charge on any atom is 0.306 e. The zero-order valence-electron chi connectivity index (χ0n) is 9.33. The lowest BCUT2D eigenvalue weighted by Crippen LogP contribution is -2.28. The maximum absolute atomic E-state index is 10.9. The van der Waals surface area contributed by atoms with Crippen LogP contribution in [-0.2, 0) is 4.79 Å². The second kappa shape index (κ2) is 5.38. The van der Waals surface area contributed by atoms with Crippen LogP contribution >= 0.6 is 0 Å². The van der Waals surface area contributed by atoms with Crippen molar-refractivity contribution >= 4 is 5.97 Å². The minimum absolute atomic E-state index is 0.164. The quantitative estimate of drug-likeness (QED) is 0.752. The first kappa shape index (κ1) is 11.5.